The van der Waals surface area contributed by atoms with Gasteiger partial charge in [-0.1, -0.05) is 18.2 Å². The molecule has 1 aromatic carbocycles. The molecule has 3 rings (SSSR count). The molecule has 1 fully saturated rings. The highest BCUT2D eigenvalue weighted by molar-refractivity contribution is 8.00. The first-order valence-electron chi connectivity index (χ1n) is 6.66. The molecule has 1 saturated heterocycles. The van der Waals surface area contributed by atoms with Crippen LogP contribution >= 0.6 is 11.8 Å². The van der Waals surface area contributed by atoms with Crippen LogP contribution < -0.4 is 5.32 Å². The molecule has 0 bridgehead atoms. The van der Waals surface area contributed by atoms with E-state index in [-0.39, 0.29) is 6.04 Å². The van der Waals surface area contributed by atoms with E-state index in [1.54, 1.807) is 0 Å². The molecule has 102 valence electrons. The number of benzene rings is 1. The van der Waals surface area contributed by atoms with Gasteiger partial charge in [0.15, 0.2) is 0 Å². The molecule has 2 atom stereocenters. The summed E-state index contributed by atoms with van der Waals surface area (Å²) in [4.78, 5) is 14.7. The molecule has 2 aliphatic rings. The first-order chi connectivity index (χ1) is 9.24. The number of fused-ring (bicyclic) bond motifs is 1. The normalized spacial score (nSPS) is 27.2. The maximum absolute atomic E-state index is 11.3. The van der Waals surface area contributed by atoms with Gasteiger partial charge in [-0.05, 0) is 18.1 Å². The minimum absolute atomic E-state index is 0.377. The zero-order valence-electron chi connectivity index (χ0n) is 10.7. The number of nitrogens with zero attached hydrogens (tertiary/aromatic N) is 1. The topological polar surface area (TPSA) is 52.6 Å². The van der Waals surface area contributed by atoms with Gasteiger partial charge in [0.1, 0.15) is 6.04 Å². The molecule has 1 aromatic rings. The lowest BCUT2D eigenvalue weighted by molar-refractivity contribution is -0.143. The minimum Gasteiger partial charge on any atom is -0.480 e. The van der Waals surface area contributed by atoms with E-state index in [1.807, 2.05) is 11.8 Å². The van der Waals surface area contributed by atoms with Crippen molar-refractivity contribution in [2.24, 2.45) is 0 Å². The average Bonchev–Trinajstić information content (AvgIpc) is 2.81. The summed E-state index contributed by atoms with van der Waals surface area (Å²) in [5.41, 5.74) is 1.40. The number of carboxylic acid groups (broad SMARTS) is 1. The minimum atomic E-state index is -0.715. The van der Waals surface area contributed by atoms with Crippen LogP contribution in [0.15, 0.2) is 29.2 Å². The first-order valence-corrected chi connectivity index (χ1v) is 7.54. The van der Waals surface area contributed by atoms with E-state index in [0.717, 1.165) is 26.1 Å². The first kappa shape index (κ1) is 13.0. The van der Waals surface area contributed by atoms with Gasteiger partial charge in [-0.3, -0.25) is 9.69 Å². The van der Waals surface area contributed by atoms with Crippen LogP contribution in [0.25, 0.3) is 0 Å². The lowest BCUT2D eigenvalue weighted by atomic mass is 10.1. The van der Waals surface area contributed by atoms with E-state index in [0.29, 0.717) is 11.8 Å². The van der Waals surface area contributed by atoms with Gasteiger partial charge in [0.05, 0.1) is 0 Å². The van der Waals surface area contributed by atoms with Crippen LogP contribution in [0.4, 0.5) is 0 Å². The molecule has 0 radical (unpaired) electrons. The molecular formula is C14H18N2O2S. The summed E-state index contributed by atoms with van der Waals surface area (Å²) in [5, 5.41) is 12.9. The Morgan fingerprint density at radius 1 is 1.47 bits per heavy atom. The van der Waals surface area contributed by atoms with Gasteiger partial charge in [-0.15, -0.1) is 11.8 Å². The molecule has 0 amide bonds. The van der Waals surface area contributed by atoms with Crippen molar-refractivity contribution in [3.63, 3.8) is 0 Å². The Balaban J connectivity index is 1.64. The number of rotatable bonds is 3. The van der Waals surface area contributed by atoms with Gasteiger partial charge in [-0.2, -0.15) is 0 Å². The number of aliphatic carboxylic acids is 1. The Morgan fingerprint density at radius 3 is 3.11 bits per heavy atom. The maximum atomic E-state index is 11.3. The monoisotopic (exact) mass is 278 g/mol. The zero-order valence-corrected chi connectivity index (χ0v) is 11.5. The Hall–Kier alpha value is -1.04. The van der Waals surface area contributed by atoms with Crippen molar-refractivity contribution in [1.82, 2.24) is 10.2 Å². The van der Waals surface area contributed by atoms with Gasteiger partial charge >= 0.3 is 5.97 Å². The van der Waals surface area contributed by atoms with E-state index in [9.17, 15) is 9.90 Å². The maximum Gasteiger partial charge on any atom is 0.322 e. The van der Waals surface area contributed by atoms with Crippen molar-refractivity contribution in [2.75, 3.05) is 26.2 Å². The fraction of sp³-hybridized carbons (Fsp3) is 0.500. The van der Waals surface area contributed by atoms with Crippen LogP contribution in [-0.4, -0.2) is 53.4 Å². The third-order valence-electron chi connectivity index (χ3n) is 3.79. The van der Waals surface area contributed by atoms with Gasteiger partial charge < -0.3 is 10.4 Å². The lowest BCUT2D eigenvalue weighted by Crippen LogP contribution is -2.56. The molecule has 2 aliphatic heterocycles. The van der Waals surface area contributed by atoms with Crippen LogP contribution in [0.3, 0.4) is 0 Å². The van der Waals surface area contributed by atoms with Gasteiger partial charge in [0, 0.05) is 36.3 Å². The number of nitrogens with one attached hydrogen (secondary N) is 1. The molecular weight excluding hydrogens is 260 g/mol. The van der Waals surface area contributed by atoms with E-state index >= 15 is 0 Å². The van der Waals surface area contributed by atoms with Gasteiger partial charge in [0.2, 0.25) is 0 Å². The predicted molar refractivity (Wildman–Crippen MR) is 75.7 cm³/mol. The van der Waals surface area contributed by atoms with Crippen LogP contribution in [0.2, 0.25) is 0 Å². The second-order valence-electron chi connectivity index (χ2n) is 5.10. The number of thioether (sulfide) groups is 1. The predicted octanol–water partition coefficient (Wildman–Crippen LogP) is 1.06. The largest absolute Gasteiger partial charge is 0.480 e. The van der Waals surface area contributed by atoms with E-state index < -0.39 is 5.97 Å². The van der Waals surface area contributed by atoms with Crippen LogP contribution in [0.1, 0.15) is 5.56 Å². The van der Waals surface area contributed by atoms with Crippen LogP contribution in [-0.2, 0) is 11.2 Å². The Bertz CT molecular complexity index is 455. The van der Waals surface area contributed by atoms with E-state index in [1.165, 1.54) is 10.5 Å². The second-order valence-corrected chi connectivity index (χ2v) is 6.45. The Morgan fingerprint density at radius 2 is 2.32 bits per heavy atom. The van der Waals surface area contributed by atoms with Crippen molar-refractivity contribution < 1.29 is 9.90 Å². The van der Waals surface area contributed by atoms with Gasteiger partial charge in [0.25, 0.3) is 0 Å². The SMILES string of the molecule is O=C(O)C1CNCCN1CC1Cc2ccccc2S1. The molecule has 2 heterocycles. The van der Waals surface area contributed by atoms with E-state index in [2.05, 4.69) is 34.5 Å². The lowest BCUT2D eigenvalue weighted by Gasteiger charge is -2.34. The summed E-state index contributed by atoms with van der Waals surface area (Å²) in [6, 6.07) is 8.10. The molecule has 0 spiro atoms. The Kier molecular flexibility index (Phi) is 3.77. The summed E-state index contributed by atoms with van der Waals surface area (Å²) in [7, 11) is 0. The molecule has 4 nitrogen and oxygen atoms in total. The molecule has 19 heavy (non-hydrogen) atoms. The fourth-order valence-electron chi connectivity index (χ4n) is 2.83. The van der Waals surface area contributed by atoms with Crippen molar-refractivity contribution >= 4 is 17.7 Å². The summed E-state index contributed by atoms with van der Waals surface area (Å²) >= 11 is 1.89. The number of hydrogen-bond donors (Lipinski definition) is 2. The summed E-state index contributed by atoms with van der Waals surface area (Å²) < 4.78 is 0. The summed E-state index contributed by atoms with van der Waals surface area (Å²) in [6.07, 6.45) is 1.05. The van der Waals surface area contributed by atoms with Crippen LogP contribution in [0, 0.1) is 0 Å². The Labute approximate surface area is 117 Å². The molecule has 0 aliphatic carbocycles. The second kappa shape index (κ2) is 5.53. The number of carbonyl (C=O) groups is 1. The van der Waals surface area contributed by atoms with E-state index in [4.69, 9.17) is 0 Å². The molecule has 5 heteroatoms. The number of hydrogen-bond acceptors (Lipinski definition) is 4. The van der Waals surface area contributed by atoms with Crippen LogP contribution in [0.5, 0.6) is 0 Å². The van der Waals surface area contributed by atoms with Crippen molar-refractivity contribution in [3.8, 4) is 0 Å². The number of carboxylic acids is 1. The molecule has 0 saturated carbocycles. The van der Waals surface area contributed by atoms with Gasteiger partial charge in [-0.25, -0.2) is 0 Å². The highest BCUT2D eigenvalue weighted by Gasteiger charge is 2.32. The van der Waals surface area contributed by atoms with Crippen molar-refractivity contribution in [2.45, 2.75) is 22.6 Å². The number of piperazine rings is 1. The third kappa shape index (κ3) is 2.78. The quantitative estimate of drug-likeness (QED) is 0.866. The summed E-state index contributed by atoms with van der Waals surface area (Å²) in [5.74, 6) is -0.715. The average molecular weight is 278 g/mol. The van der Waals surface area contributed by atoms with Crippen molar-refractivity contribution in [3.05, 3.63) is 29.8 Å². The molecule has 2 N–H and O–H groups in total. The highest BCUT2D eigenvalue weighted by atomic mass is 32.2. The standard InChI is InChI=1S/C14H18N2O2S/c17-14(18)12-8-15-5-6-16(12)9-11-7-10-3-1-2-4-13(10)19-11/h1-4,11-12,15H,5-9H2,(H,17,18). The highest BCUT2D eigenvalue weighted by Crippen LogP contribution is 2.37. The molecule has 0 aromatic heterocycles. The zero-order chi connectivity index (χ0) is 13.2. The van der Waals surface area contributed by atoms with Crippen molar-refractivity contribution in [1.29, 1.82) is 0 Å². The fourth-order valence-corrected chi connectivity index (χ4v) is 4.17. The summed E-state index contributed by atoms with van der Waals surface area (Å²) in [6.45, 7) is 3.12. The molecule has 2 unspecified atom stereocenters. The third-order valence-corrected chi connectivity index (χ3v) is 5.09. The smallest absolute Gasteiger partial charge is 0.322 e.